The lowest BCUT2D eigenvalue weighted by molar-refractivity contribution is -0.143. The molecule has 0 aliphatic rings. The average Bonchev–Trinajstić information content (AvgIpc) is 3.44. The molecule has 6 nitrogen and oxygen atoms in total. The number of hydrogen-bond donors (Lipinski definition) is 3. The van der Waals surface area contributed by atoms with Crippen molar-refractivity contribution in [2.75, 3.05) is 13.2 Å². The molecule has 0 aromatic carbocycles. The minimum atomic E-state index is -0.667. The number of esters is 1. The smallest absolute Gasteiger partial charge is 0.305 e. The van der Waals surface area contributed by atoms with Crippen LogP contribution in [0.3, 0.4) is 0 Å². The maximum absolute atomic E-state index is 12.5. The summed E-state index contributed by atoms with van der Waals surface area (Å²) in [6.45, 7) is 5.00. The number of carbonyl (C=O) groups is 2. The summed E-state index contributed by atoms with van der Waals surface area (Å²) in [5.74, 6) is -0.0155. The number of allylic oxidation sites excluding steroid dienone is 2. The zero-order chi connectivity index (χ0) is 56.4. The number of rotatable bonds is 68. The summed E-state index contributed by atoms with van der Waals surface area (Å²) in [4.78, 5) is 24.6. The lowest BCUT2D eigenvalue weighted by atomic mass is 10.0. The maximum atomic E-state index is 12.5. The SMILES string of the molecule is CCCCCCCCCCCCCCCCCCCCCCCC(O)C(CO)NC(=O)CCCCCCCCCCC/C=C\CCCCCCCCCCCCCCOC(=O)CCCCCCCCCCCCCCCCC. The van der Waals surface area contributed by atoms with Crippen molar-refractivity contribution in [1.82, 2.24) is 5.32 Å². The highest BCUT2D eigenvalue weighted by Gasteiger charge is 2.20. The third kappa shape index (κ3) is 63.8. The van der Waals surface area contributed by atoms with Crippen molar-refractivity contribution < 1.29 is 24.5 Å². The number of unbranched alkanes of at least 4 members (excludes halogenated alkanes) is 55. The first-order valence-corrected chi connectivity index (χ1v) is 35.9. The van der Waals surface area contributed by atoms with Gasteiger partial charge in [0.25, 0.3) is 0 Å². The fourth-order valence-electron chi connectivity index (χ4n) is 11.6. The third-order valence-corrected chi connectivity index (χ3v) is 17.1. The van der Waals surface area contributed by atoms with Crippen LogP contribution < -0.4 is 5.32 Å². The number of aliphatic hydroxyl groups is 2. The first-order valence-electron chi connectivity index (χ1n) is 35.9. The van der Waals surface area contributed by atoms with Crippen molar-refractivity contribution in [2.24, 2.45) is 0 Å². The first-order chi connectivity index (χ1) is 38.5. The molecule has 3 N–H and O–H groups in total. The van der Waals surface area contributed by atoms with Gasteiger partial charge in [-0.3, -0.25) is 9.59 Å². The lowest BCUT2D eigenvalue weighted by Crippen LogP contribution is -2.45. The maximum Gasteiger partial charge on any atom is 0.305 e. The van der Waals surface area contributed by atoms with Crippen molar-refractivity contribution >= 4 is 11.9 Å². The van der Waals surface area contributed by atoms with Crippen LogP contribution in [0, 0.1) is 0 Å². The Morgan fingerprint density at radius 3 is 0.910 bits per heavy atom. The van der Waals surface area contributed by atoms with E-state index < -0.39 is 12.1 Å². The number of hydrogen-bond acceptors (Lipinski definition) is 5. The number of nitrogens with one attached hydrogen (secondary N) is 1. The van der Waals surface area contributed by atoms with Gasteiger partial charge in [0.1, 0.15) is 0 Å². The van der Waals surface area contributed by atoms with Crippen LogP contribution in [0.1, 0.15) is 412 Å². The minimum absolute atomic E-state index is 0.0176. The van der Waals surface area contributed by atoms with Crippen LogP contribution in [0.5, 0.6) is 0 Å². The van der Waals surface area contributed by atoms with E-state index in [2.05, 4.69) is 31.3 Å². The summed E-state index contributed by atoms with van der Waals surface area (Å²) < 4.78 is 5.50. The van der Waals surface area contributed by atoms with Crippen LogP contribution in [-0.4, -0.2) is 47.4 Å². The molecule has 464 valence electrons. The summed E-state index contributed by atoms with van der Waals surface area (Å²) in [5, 5.41) is 23.4. The van der Waals surface area contributed by atoms with Gasteiger partial charge in [0.2, 0.25) is 5.91 Å². The van der Waals surface area contributed by atoms with Gasteiger partial charge in [-0.05, 0) is 51.4 Å². The molecule has 0 saturated carbocycles. The second kappa shape index (κ2) is 68.1. The molecule has 0 heterocycles. The molecule has 0 aromatic heterocycles. The van der Waals surface area contributed by atoms with Crippen molar-refractivity contribution in [3.05, 3.63) is 12.2 Å². The molecule has 1 amide bonds. The van der Waals surface area contributed by atoms with Gasteiger partial charge in [-0.25, -0.2) is 0 Å². The Labute approximate surface area is 489 Å². The Hall–Kier alpha value is -1.40. The molecule has 2 unspecified atom stereocenters. The van der Waals surface area contributed by atoms with E-state index >= 15 is 0 Å². The Morgan fingerprint density at radius 2 is 0.603 bits per heavy atom. The van der Waals surface area contributed by atoms with Crippen LogP contribution in [0.15, 0.2) is 12.2 Å². The van der Waals surface area contributed by atoms with E-state index in [0.29, 0.717) is 25.9 Å². The van der Waals surface area contributed by atoms with Gasteiger partial charge in [0, 0.05) is 12.8 Å². The summed E-state index contributed by atoms with van der Waals surface area (Å²) in [6, 6.07) is -0.544. The Balaban J connectivity index is 3.38. The average molecular weight is 1100 g/mol. The molecule has 2 atom stereocenters. The zero-order valence-corrected chi connectivity index (χ0v) is 53.2. The van der Waals surface area contributed by atoms with Gasteiger partial charge in [-0.15, -0.1) is 0 Å². The van der Waals surface area contributed by atoms with Crippen LogP contribution >= 0.6 is 0 Å². The molecule has 0 aliphatic carbocycles. The van der Waals surface area contributed by atoms with Crippen LogP contribution in [0.25, 0.3) is 0 Å². The van der Waals surface area contributed by atoms with Crippen LogP contribution in [-0.2, 0) is 14.3 Å². The van der Waals surface area contributed by atoms with Gasteiger partial charge in [-0.2, -0.15) is 0 Å². The molecular formula is C72H141NO5. The van der Waals surface area contributed by atoms with Crippen LogP contribution in [0.2, 0.25) is 0 Å². The van der Waals surface area contributed by atoms with Gasteiger partial charge in [0.05, 0.1) is 25.4 Å². The molecule has 0 bridgehead atoms. The van der Waals surface area contributed by atoms with E-state index in [1.165, 1.54) is 340 Å². The highest BCUT2D eigenvalue weighted by Crippen LogP contribution is 2.19. The van der Waals surface area contributed by atoms with Crippen molar-refractivity contribution in [2.45, 2.75) is 424 Å². The zero-order valence-electron chi connectivity index (χ0n) is 53.2. The van der Waals surface area contributed by atoms with Gasteiger partial charge in [0.15, 0.2) is 0 Å². The second-order valence-electron chi connectivity index (χ2n) is 24.9. The quantitative estimate of drug-likeness (QED) is 0.0320. The van der Waals surface area contributed by atoms with E-state index in [4.69, 9.17) is 4.74 Å². The number of aliphatic hydroxyl groups excluding tert-OH is 2. The summed E-state index contributed by atoms with van der Waals surface area (Å²) in [7, 11) is 0. The Morgan fingerprint density at radius 1 is 0.346 bits per heavy atom. The van der Waals surface area contributed by atoms with Crippen molar-refractivity contribution in [1.29, 1.82) is 0 Å². The molecule has 0 spiro atoms. The van der Waals surface area contributed by atoms with E-state index in [0.717, 1.165) is 38.5 Å². The van der Waals surface area contributed by atoms with Crippen molar-refractivity contribution in [3.63, 3.8) is 0 Å². The molecule has 0 saturated heterocycles. The van der Waals surface area contributed by atoms with Gasteiger partial charge >= 0.3 is 5.97 Å². The largest absolute Gasteiger partial charge is 0.466 e. The Bertz CT molecular complexity index is 1180. The standard InChI is InChI=1S/C72H141NO5/c1-3-5-7-9-11-13-15-17-19-20-21-27-30-33-37-40-44-48-52-56-60-64-70(75)69(68-74)73-71(76)65-61-57-53-49-45-41-38-34-31-28-25-23-22-24-26-29-32-35-39-43-47-51-55-59-63-67-78-72(77)66-62-58-54-50-46-42-36-18-16-14-12-10-8-6-4-2/h23,25,69-70,74-75H,3-22,24,26-68H2,1-2H3,(H,73,76)/b25-23-. The highest BCUT2D eigenvalue weighted by atomic mass is 16.5. The monoisotopic (exact) mass is 1100 g/mol. The summed E-state index contributed by atoms with van der Waals surface area (Å²) >= 11 is 0. The van der Waals surface area contributed by atoms with E-state index in [9.17, 15) is 19.8 Å². The second-order valence-corrected chi connectivity index (χ2v) is 24.9. The molecule has 0 rings (SSSR count). The first kappa shape index (κ1) is 76.6. The molecule has 6 heteroatoms. The van der Waals surface area contributed by atoms with Crippen LogP contribution in [0.4, 0.5) is 0 Å². The number of carbonyl (C=O) groups excluding carboxylic acids is 2. The minimum Gasteiger partial charge on any atom is -0.466 e. The predicted octanol–water partition coefficient (Wildman–Crippen LogP) is 23.1. The molecule has 0 aliphatic heterocycles. The van der Waals surface area contributed by atoms with E-state index in [-0.39, 0.29) is 18.5 Å². The molecule has 0 fully saturated rings. The number of ether oxygens (including phenoxy) is 1. The topological polar surface area (TPSA) is 95.9 Å². The van der Waals surface area contributed by atoms with Gasteiger partial charge < -0.3 is 20.3 Å². The lowest BCUT2D eigenvalue weighted by Gasteiger charge is -2.22. The molecular weight excluding hydrogens is 959 g/mol. The summed E-state index contributed by atoms with van der Waals surface area (Å²) in [6.07, 6.45) is 84.0. The number of amides is 1. The third-order valence-electron chi connectivity index (χ3n) is 17.1. The predicted molar refractivity (Wildman–Crippen MR) is 343 cm³/mol. The molecule has 0 radical (unpaired) electrons. The fraction of sp³-hybridized carbons (Fsp3) is 0.944. The summed E-state index contributed by atoms with van der Waals surface area (Å²) in [5.41, 5.74) is 0. The normalized spacial score (nSPS) is 12.5. The molecule has 0 aromatic rings. The van der Waals surface area contributed by atoms with E-state index in [1.807, 2.05) is 0 Å². The van der Waals surface area contributed by atoms with Gasteiger partial charge in [-0.1, -0.05) is 360 Å². The molecule has 78 heavy (non-hydrogen) atoms. The van der Waals surface area contributed by atoms with Crippen molar-refractivity contribution in [3.8, 4) is 0 Å². The highest BCUT2D eigenvalue weighted by molar-refractivity contribution is 5.76. The fourth-order valence-corrected chi connectivity index (χ4v) is 11.6. The Kier molecular flexibility index (Phi) is 66.9. The van der Waals surface area contributed by atoms with E-state index in [1.54, 1.807) is 0 Å².